The Bertz CT molecular complexity index is 713. The fourth-order valence-electron chi connectivity index (χ4n) is 1.74. The average molecular weight is 437 g/mol. The third-order valence-corrected chi connectivity index (χ3v) is 4.84. The van der Waals surface area contributed by atoms with Crippen LogP contribution in [0.2, 0.25) is 0 Å². The Kier molecular flexibility index (Phi) is 7.39. The van der Waals surface area contributed by atoms with Gasteiger partial charge in [0.15, 0.2) is 0 Å². The molecule has 0 aliphatic heterocycles. The van der Waals surface area contributed by atoms with E-state index in [1.54, 1.807) is 32.9 Å². The van der Waals surface area contributed by atoms with Gasteiger partial charge in [0, 0.05) is 11.0 Å². The summed E-state index contributed by atoms with van der Waals surface area (Å²) in [6.07, 6.45) is -1.01. The maximum Gasteiger partial charge on any atom is 0.408 e. The zero-order chi connectivity index (χ0) is 19.3. The minimum absolute atomic E-state index is 0.0580. The summed E-state index contributed by atoms with van der Waals surface area (Å²) in [5.41, 5.74) is -0.768. The molecule has 0 aliphatic rings. The lowest BCUT2D eigenvalue weighted by Crippen LogP contribution is -2.45. The Labute approximate surface area is 155 Å². The van der Waals surface area contributed by atoms with Crippen molar-refractivity contribution < 1.29 is 27.9 Å². The first-order valence-electron chi connectivity index (χ1n) is 7.38. The van der Waals surface area contributed by atoms with Gasteiger partial charge < -0.3 is 15.2 Å². The van der Waals surface area contributed by atoms with E-state index in [0.717, 1.165) is 4.47 Å². The number of alkyl carbamates (subject to hydrolysis) is 1. The lowest BCUT2D eigenvalue weighted by molar-refractivity contribution is -0.139. The number of ether oxygens (including phenoxy) is 1. The van der Waals surface area contributed by atoms with E-state index in [1.807, 2.05) is 0 Å². The molecule has 0 fully saturated rings. The topological polar surface area (TPSA) is 122 Å². The number of amides is 1. The van der Waals surface area contributed by atoms with Crippen molar-refractivity contribution in [3.8, 4) is 0 Å². The van der Waals surface area contributed by atoms with Crippen LogP contribution in [0.4, 0.5) is 4.79 Å². The average Bonchev–Trinajstić information content (AvgIpc) is 2.44. The SMILES string of the molecule is CC(C)(C)OC(=O)NC(CCNS(=O)(=O)c1ccc(Br)cc1)C(=O)O. The lowest BCUT2D eigenvalue weighted by Gasteiger charge is -2.22. The third-order valence-electron chi connectivity index (χ3n) is 2.84. The van der Waals surface area contributed by atoms with E-state index in [-0.39, 0.29) is 17.9 Å². The molecule has 1 atom stereocenters. The minimum atomic E-state index is -3.76. The highest BCUT2D eigenvalue weighted by Crippen LogP contribution is 2.14. The molecular weight excluding hydrogens is 416 g/mol. The monoisotopic (exact) mass is 436 g/mol. The number of rotatable bonds is 7. The van der Waals surface area contributed by atoms with Gasteiger partial charge in [0.2, 0.25) is 10.0 Å². The van der Waals surface area contributed by atoms with Crippen molar-refractivity contribution in [1.82, 2.24) is 10.0 Å². The Morgan fingerprint density at radius 2 is 1.80 bits per heavy atom. The van der Waals surface area contributed by atoms with Crippen molar-refractivity contribution in [3.63, 3.8) is 0 Å². The summed E-state index contributed by atoms with van der Waals surface area (Å²) in [6, 6.07) is 4.72. The first-order valence-corrected chi connectivity index (χ1v) is 9.66. The number of carbonyl (C=O) groups excluding carboxylic acids is 1. The summed E-state index contributed by atoms with van der Waals surface area (Å²) in [5, 5.41) is 11.3. The third kappa shape index (κ3) is 7.84. The Morgan fingerprint density at radius 1 is 1.24 bits per heavy atom. The second kappa shape index (κ2) is 8.63. The number of carbonyl (C=O) groups is 2. The van der Waals surface area contributed by atoms with E-state index in [1.165, 1.54) is 12.1 Å². The molecule has 0 bridgehead atoms. The predicted molar refractivity (Wildman–Crippen MR) is 94.7 cm³/mol. The molecular formula is C15H21BrN2O6S. The van der Waals surface area contributed by atoms with Crippen molar-refractivity contribution in [2.75, 3.05) is 6.54 Å². The van der Waals surface area contributed by atoms with Gasteiger partial charge in [0.1, 0.15) is 11.6 Å². The van der Waals surface area contributed by atoms with E-state index >= 15 is 0 Å². The molecule has 0 saturated carbocycles. The van der Waals surface area contributed by atoms with Gasteiger partial charge in [-0.3, -0.25) is 0 Å². The highest BCUT2D eigenvalue weighted by Gasteiger charge is 2.24. The van der Waals surface area contributed by atoms with E-state index < -0.39 is 33.7 Å². The van der Waals surface area contributed by atoms with Gasteiger partial charge in [-0.15, -0.1) is 0 Å². The number of aliphatic carboxylic acids is 1. The summed E-state index contributed by atoms with van der Waals surface area (Å²) >= 11 is 3.21. The van der Waals surface area contributed by atoms with Gasteiger partial charge >= 0.3 is 12.1 Å². The van der Waals surface area contributed by atoms with Crippen LogP contribution < -0.4 is 10.0 Å². The summed E-state index contributed by atoms with van der Waals surface area (Å²) in [5.74, 6) is -1.28. The Hall–Kier alpha value is -1.65. The number of nitrogens with one attached hydrogen (secondary N) is 2. The number of hydrogen-bond acceptors (Lipinski definition) is 5. The fourth-order valence-corrected chi connectivity index (χ4v) is 3.05. The molecule has 3 N–H and O–H groups in total. The van der Waals surface area contributed by atoms with E-state index in [9.17, 15) is 18.0 Å². The molecule has 1 aromatic carbocycles. The van der Waals surface area contributed by atoms with Crippen molar-refractivity contribution in [1.29, 1.82) is 0 Å². The molecule has 0 radical (unpaired) electrons. The van der Waals surface area contributed by atoms with Crippen LogP contribution in [0.1, 0.15) is 27.2 Å². The van der Waals surface area contributed by atoms with Crippen LogP contribution in [0.15, 0.2) is 33.6 Å². The molecule has 0 heterocycles. The number of carboxylic acid groups (broad SMARTS) is 1. The molecule has 0 saturated heterocycles. The predicted octanol–water partition coefficient (Wildman–Crippen LogP) is 2.10. The van der Waals surface area contributed by atoms with E-state index in [4.69, 9.17) is 9.84 Å². The summed E-state index contributed by atoms with van der Waals surface area (Å²) in [6.45, 7) is 4.78. The van der Waals surface area contributed by atoms with Gasteiger partial charge in [-0.05, 0) is 51.5 Å². The van der Waals surface area contributed by atoms with E-state index in [2.05, 4.69) is 26.0 Å². The van der Waals surface area contributed by atoms with Crippen molar-refractivity contribution >= 4 is 38.0 Å². The van der Waals surface area contributed by atoms with Crippen LogP contribution in [0.3, 0.4) is 0 Å². The van der Waals surface area contributed by atoms with Gasteiger partial charge in [-0.25, -0.2) is 22.7 Å². The Morgan fingerprint density at radius 3 is 2.28 bits per heavy atom. The van der Waals surface area contributed by atoms with Crippen LogP contribution >= 0.6 is 15.9 Å². The summed E-state index contributed by atoms with van der Waals surface area (Å²) < 4.78 is 32.3. The smallest absolute Gasteiger partial charge is 0.408 e. The number of hydrogen-bond donors (Lipinski definition) is 3. The zero-order valence-corrected chi connectivity index (χ0v) is 16.5. The highest BCUT2D eigenvalue weighted by atomic mass is 79.9. The van der Waals surface area contributed by atoms with Crippen LogP contribution in [0, 0.1) is 0 Å². The van der Waals surface area contributed by atoms with Crippen LogP contribution in [-0.2, 0) is 19.6 Å². The molecule has 0 aromatic heterocycles. The number of halogens is 1. The molecule has 10 heteroatoms. The zero-order valence-electron chi connectivity index (χ0n) is 14.1. The maximum atomic E-state index is 12.1. The lowest BCUT2D eigenvalue weighted by atomic mass is 10.2. The maximum absolute atomic E-state index is 12.1. The fraction of sp³-hybridized carbons (Fsp3) is 0.467. The standard InChI is InChI=1S/C15H21BrN2O6S/c1-15(2,3)24-14(21)18-12(13(19)20)8-9-17-25(22,23)11-6-4-10(16)5-7-11/h4-7,12,17H,8-9H2,1-3H3,(H,18,21)(H,19,20). The first kappa shape index (κ1) is 21.4. The van der Waals surface area contributed by atoms with Crippen molar-refractivity contribution in [2.45, 2.75) is 43.7 Å². The van der Waals surface area contributed by atoms with Gasteiger partial charge in [-0.2, -0.15) is 0 Å². The number of benzene rings is 1. The number of carboxylic acids is 1. The van der Waals surface area contributed by atoms with Crippen LogP contribution in [-0.4, -0.2) is 43.8 Å². The molecule has 1 aromatic rings. The Balaban J connectivity index is 2.62. The molecule has 1 amide bonds. The summed E-state index contributed by atoms with van der Waals surface area (Å²) in [4.78, 5) is 22.9. The molecule has 1 rings (SSSR count). The number of sulfonamides is 1. The second-order valence-corrected chi connectivity index (χ2v) is 8.86. The molecule has 0 aliphatic carbocycles. The molecule has 140 valence electrons. The quantitative estimate of drug-likeness (QED) is 0.601. The summed E-state index contributed by atoms with van der Waals surface area (Å²) in [7, 11) is -3.76. The molecule has 25 heavy (non-hydrogen) atoms. The van der Waals surface area contributed by atoms with Gasteiger partial charge in [-0.1, -0.05) is 15.9 Å². The van der Waals surface area contributed by atoms with Gasteiger partial charge in [0.25, 0.3) is 0 Å². The van der Waals surface area contributed by atoms with Crippen LogP contribution in [0.5, 0.6) is 0 Å². The van der Waals surface area contributed by atoms with Gasteiger partial charge in [0.05, 0.1) is 4.90 Å². The molecule has 0 spiro atoms. The van der Waals surface area contributed by atoms with Crippen molar-refractivity contribution in [2.24, 2.45) is 0 Å². The highest BCUT2D eigenvalue weighted by molar-refractivity contribution is 9.10. The normalized spacial score (nSPS) is 13.1. The first-order chi connectivity index (χ1) is 11.4. The largest absolute Gasteiger partial charge is 0.480 e. The minimum Gasteiger partial charge on any atom is -0.480 e. The van der Waals surface area contributed by atoms with E-state index in [0.29, 0.717) is 0 Å². The molecule has 8 nitrogen and oxygen atoms in total. The van der Waals surface area contributed by atoms with Crippen molar-refractivity contribution in [3.05, 3.63) is 28.7 Å². The second-order valence-electron chi connectivity index (χ2n) is 6.18. The van der Waals surface area contributed by atoms with Crippen LogP contribution in [0.25, 0.3) is 0 Å². The molecule has 1 unspecified atom stereocenters.